The quantitative estimate of drug-likeness (QED) is 0.246. The molecule has 0 aliphatic rings. The molecule has 0 saturated carbocycles. The molecule has 0 spiro atoms. The van der Waals surface area contributed by atoms with E-state index in [1.165, 1.54) is 12.1 Å². The van der Waals surface area contributed by atoms with Crippen LogP contribution in [0.4, 0.5) is 24.5 Å². The molecule has 2 N–H and O–H groups in total. The maximum Gasteiger partial charge on any atom is 0.418 e. The zero-order valence-electron chi connectivity index (χ0n) is 17.8. The van der Waals surface area contributed by atoms with Crippen molar-refractivity contribution in [2.24, 2.45) is 0 Å². The second-order valence-electron chi connectivity index (χ2n) is 7.38. The van der Waals surface area contributed by atoms with E-state index in [2.05, 4.69) is 21.7 Å². The van der Waals surface area contributed by atoms with Crippen molar-refractivity contribution in [1.82, 2.24) is 4.98 Å². The van der Waals surface area contributed by atoms with Crippen molar-refractivity contribution in [3.63, 3.8) is 0 Å². The Kier molecular flexibility index (Phi) is 6.34. The number of para-hydroxylation sites is 1. The number of hydrogen-bond acceptors (Lipinski definition) is 5. The van der Waals surface area contributed by atoms with Crippen LogP contribution in [0, 0.1) is 18.3 Å². The molecule has 0 radical (unpaired) electrons. The van der Waals surface area contributed by atoms with E-state index in [-0.39, 0.29) is 5.57 Å². The number of nitrogens with zero attached hydrogens (tertiary/aromatic N) is 2. The van der Waals surface area contributed by atoms with Gasteiger partial charge in [0.05, 0.1) is 21.5 Å². The molecule has 4 aromatic rings. The smallest absolute Gasteiger partial charge is 0.360 e. The minimum Gasteiger partial charge on any atom is -0.360 e. The average Bonchev–Trinajstić information content (AvgIpc) is 3.23. The number of nitriles is 1. The summed E-state index contributed by atoms with van der Waals surface area (Å²) in [5.74, 6) is -0.951. The molecule has 0 fully saturated rings. The van der Waals surface area contributed by atoms with Gasteiger partial charge in [0.2, 0.25) is 0 Å². The van der Waals surface area contributed by atoms with E-state index in [9.17, 15) is 23.2 Å². The van der Waals surface area contributed by atoms with E-state index >= 15 is 0 Å². The summed E-state index contributed by atoms with van der Waals surface area (Å²) in [5.41, 5.74) is 1.81. The first kappa shape index (κ1) is 23.0. The number of aromatic nitrogens is 1. The molecule has 0 aliphatic carbocycles. The Balaban J connectivity index is 1.48. The number of aryl methyl sites for hydroxylation is 1. The molecule has 3 aromatic carbocycles. The van der Waals surface area contributed by atoms with Crippen molar-refractivity contribution in [2.45, 2.75) is 13.1 Å². The molecular formula is C25H17F3N4OS. The van der Waals surface area contributed by atoms with Gasteiger partial charge in [-0.2, -0.15) is 18.4 Å². The predicted molar refractivity (Wildman–Crippen MR) is 127 cm³/mol. The third-order valence-electron chi connectivity index (χ3n) is 4.90. The van der Waals surface area contributed by atoms with E-state index in [0.717, 1.165) is 44.7 Å². The highest BCUT2D eigenvalue weighted by atomic mass is 32.1. The topological polar surface area (TPSA) is 77.8 Å². The Labute approximate surface area is 197 Å². The highest BCUT2D eigenvalue weighted by molar-refractivity contribution is 7.21. The number of hydrogen-bond donors (Lipinski definition) is 2. The summed E-state index contributed by atoms with van der Waals surface area (Å²) in [4.78, 5) is 17.0. The maximum atomic E-state index is 13.1. The minimum absolute atomic E-state index is 0.373. The van der Waals surface area contributed by atoms with Crippen LogP contribution in [-0.2, 0) is 11.0 Å². The van der Waals surface area contributed by atoms with Crippen molar-refractivity contribution < 1.29 is 18.0 Å². The van der Waals surface area contributed by atoms with Gasteiger partial charge < -0.3 is 10.6 Å². The minimum atomic E-state index is -4.64. The number of carbonyl (C=O) groups is 1. The van der Waals surface area contributed by atoms with Gasteiger partial charge in [-0.05, 0) is 61.0 Å². The lowest BCUT2D eigenvalue weighted by atomic mass is 10.1. The summed E-state index contributed by atoms with van der Waals surface area (Å²) in [5, 5.41) is 15.2. The van der Waals surface area contributed by atoms with Crippen molar-refractivity contribution in [3.05, 3.63) is 89.6 Å². The highest BCUT2D eigenvalue weighted by Crippen LogP contribution is 2.35. The summed E-state index contributed by atoms with van der Waals surface area (Å²) >= 11 is 1.58. The van der Waals surface area contributed by atoms with Crippen molar-refractivity contribution >= 4 is 38.8 Å². The lowest BCUT2D eigenvalue weighted by molar-refractivity contribution is -0.137. The number of alkyl halides is 3. The van der Waals surface area contributed by atoms with Gasteiger partial charge in [0.1, 0.15) is 16.6 Å². The molecular weight excluding hydrogens is 461 g/mol. The molecule has 1 amide bonds. The normalized spacial score (nSPS) is 11.8. The SMILES string of the molecule is Cc1ccc2nc(-c3ccc(N/C=C(/C#N)C(=O)Nc4ccccc4C(F)(F)F)cc3)sc2c1. The fourth-order valence-corrected chi connectivity index (χ4v) is 4.27. The number of rotatable bonds is 5. The molecule has 1 aromatic heterocycles. The average molecular weight is 478 g/mol. The van der Waals surface area contributed by atoms with E-state index in [1.807, 2.05) is 31.2 Å². The van der Waals surface area contributed by atoms with Gasteiger partial charge in [0, 0.05) is 17.5 Å². The summed E-state index contributed by atoms with van der Waals surface area (Å²) in [6.07, 6.45) is -3.48. The van der Waals surface area contributed by atoms with Crippen LogP contribution in [0.1, 0.15) is 11.1 Å². The lowest BCUT2D eigenvalue weighted by Gasteiger charge is -2.13. The summed E-state index contributed by atoms with van der Waals surface area (Å²) < 4.78 is 40.5. The van der Waals surface area contributed by atoms with Crippen LogP contribution >= 0.6 is 11.3 Å². The van der Waals surface area contributed by atoms with Crippen LogP contribution in [0.2, 0.25) is 0 Å². The highest BCUT2D eigenvalue weighted by Gasteiger charge is 2.33. The standard InChI is InChI=1S/C25H17F3N4OS/c1-15-6-11-21-22(12-15)34-24(32-21)16-7-9-18(10-8-16)30-14-17(13-29)23(33)31-20-5-3-2-4-19(20)25(26,27)28/h2-12,14,30H,1H3,(H,31,33)/b17-14-. The van der Waals surface area contributed by atoms with Crippen molar-refractivity contribution in [3.8, 4) is 16.6 Å². The lowest BCUT2D eigenvalue weighted by Crippen LogP contribution is -2.18. The van der Waals surface area contributed by atoms with Crippen LogP contribution in [0.5, 0.6) is 0 Å². The number of carbonyl (C=O) groups excluding carboxylic acids is 1. The molecule has 170 valence electrons. The first-order valence-electron chi connectivity index (χ1n) is 10.1. The van der Waals surface area contributed by atoms with Gasteiger partial charge in [-0.3, -0.25) is 4.79 Å². The molecule has 0 bridgehead atoms. The Morgan fingerprint density at radius 3 is 2.53 bits per heavy atom. The van der Waals surface area contributed by atoms with Crippen LogP contribution in [0.3, 0.4) is 0 Å². The van der Waals surface area contributed by atoms with Crippen LogP contribution in [0.15, 0.2) is 78.5 Å². The largest absolute Gasteiger partial charge is 0.418 e. The predicted octanol–water partition coefficient (Wildman–Crippen LogP) is 6.75. The van der Waals surface area contributed by atoms with Crippen molar-refractivity contribution in [1.29, 1.82) is 5.26 Å². The molecule has 9 heteroatoms. The third kappa shape index (κ3) is 5.08. The Hall–Kier alpha value is -4.16. The Bertz CT molecular complexity index is 1430. The number of anilines is 2. The Morgan fingerprint density at radius 1 is 1.09 bits per heavy atom. The van der Waals surface area contributed by atoms with Crippen LogP contribution < -0.4 is 10.6 Å². The van der Waals surface area contributed by atoms with Gasteiger partial charge in [-0.25, -0.2) is 4.98 Å². The van der Waals surface area contributed by atoms with Crippen LogP contribution in [0.25, 0.3) is 20.8 Å². The molecule has 34 heavy (non-hydrogen) atoms. The van der Waals surface area contributed by atoms with E-state index in [0.29, 0.717) is 5.69 Å². The van der Waals surface area contributed by atoms with Crippen molar-refractivity contribution in [2.75, 3.05) is 10.6 Å². The molecule has 4 rings (SSSR count). The van der Waals surface area contributed by atoms with E-state index in [4.69, 9.17) is 0 Å². The number of fused-ring (bicyclic) bond motifs is 1. The first-order valence-corrected chi connectivity index (χ1v) is 10.9. The molecule has 5 nitrogen and oxygen atoms in total. The zero-order valence-corrected chi connectivity index (χ0v) is 18.6. The van der Waals surface area contributed by atoms with Crippen LogP contribution in [-0.4, -0.2) is 10.9 Å². The van der Waals surface area contributed by atoms with Gasteiger partial charge in [-0.15, -0.1) is 11.3 Å². The summed E-state index contributed by atoms with van der Waals surface area (Å²) in [6, 6.07) is 19.6. The second-order valence-corrected chi connectivity index (χ2v) is 8.41. The molecule has 0 saturated heterocycles. The molecule has 0 unspecified atom stereocenters. The monoisotopic (exact) mass is 478 g/mol. The van der Waals surface area contributed by atoms with E-state index < -0.39 is 23.3 Å². The van der Waals surface area contributed by atoms with Gasteiger partial charge >= 0.3 is 6.18 Å². The summed E-state index contributed by atoms with van der Waals surface area (Å²) in [7, 11) is 0. The number of benzene rings is 3. The van der Waals surface area contributed by atoms with Gasteiger partial charge in [-0.1, -0.05) is 18.2 Å². The zero-order chi connectivity index (χ0) is 24.3. The second kappa shape index (κ2) is 9.37. The third-order valence-corrected chi connectivity index (χ3v) is 5.97. The molecule has 1 heterocycles. The van der Waals surface area contributed by atoms with E-state index in [1.54, 1.807) is 29.5 Å². The fraction of sp³-hybridized carbons (Fsp3) is 0.0800. The Morgan fingerprint density at radius 2 is 1.82 bits per heavy atom. The molecule has 0 aliphatic heterocycles. The van der Waals surface area contributed by atoms with Gasteiger partial charge in [0.15, 0.2) is 0 Å². The number of amides is 1. The molecule has 0 atom stereocenters. The number of halogens is 3. The number of nitrogens with one attached hydrogen (secondary N) is 2. The maximum absolute atomic E-state index is 13.1. The fourth-order valence-electron chi connectivity index (χ4n) is 3.20. The summed E-state index contributed by atoms with van der Waals surface area (Å²) in [6.45, 7) is 2.03. The number of thiazole rings is 1. The first-order chi connectivity index (χ1) is 16.2. The van der Waals surface area contributed by atoms with Gasteiger partial charge in [0.25, 0.3) is 5.91 Å².